The van der Waals surface area contributed by atoms with Crippen molar-refractivity contribution in [3.05, 3.63) is 48.2 Å². The van der Waals surface area contributed by atoms with Gasteiger partial charge in [0.05, 0.1) is 19.4 Å². The molecule has 0 aliphatic carbocycles. The van der Waals surface area contributed by atoms with E-state index in [2.05, 4.69) is 16.0 Å². The molecule has 6 heteroatoms. The van der Waals surface area contributed by atoms with Gasteiger partial charge >= 0.3 is 0 Å². The largest absolute Gasteiger partial charge is 0.492 e. The first-order chi connectivity index (χ1) is 12.2. The monoisotopic (exact) mass is 341 g/mol. The summed E-state index contributed by atoms with van der Waals surface area (Å²) in [6.07, 6.45) is 1.62. The third-order valence-corrected chi connectivity index (χ3v) is 4.27. The lowest BCUT2D eigenvalue weighted by atomic mass is 10.2. The second-order valence-corrected chi connectivity index (χ2v) is 5.74. The molecule has 1 aromatic carbocycles. The molecule has 132 valence electrons. The maximum Gasteiger partial charge on any atom is 0.259 e. The number of hydrogen-bond donors (Lipinski definition) is 0. The summed E-state index contributed by atoms with van der Waals surface area (Å²) in [5.74, 6) is 1.22. The zero-order valence-corrected chi connectivity index (χ0v) is 14.6. The molecule has 6 nitrogen and oxygen atoms in total. The molecule has 0 N–H and O–H groups in total. The van der Waals surface area contributed by atoms with E-state index >= 15 is 0 Å². The van der Waals surface area contributed by atoms with Gasteiger partial charge in [-0.25, -0.2) is 4.98 Å². The van der Waals surface area contributed by atoms with Crippen molar-refractivity contribution >= 4 is 11.6 Å². The maximum atomic E-state index is 12.8. The summed E-state index contributed by atoms with van der Waals surface area (Å²) < 4.78 is 10.9. The number of aromatic nitrogens is 1. The highest BCUT2D eigenvalue weighted by molar-refractivity contribution is 5.96. The van der Waals surface area contributed by atoms with Crippen molar-refractivity contribution in [1.29, 1.82) is 0 Å². The van der Waals surface area contributed by atoms with Crippen LogP contribution in [0.4, 0.5) is 5.69 Å². The van der Waals surface area contributed by atoms with Crippen molar-refractivity contribution in [2.45, 2.75) is 6.92 Å². The first-order valence-corrected chi connectivity index (χ1v) is 8.49. The minimum absolute atomic E-state index is 0.0392. The lowest BCUT2D eigenvalue weighted by molar-refractivity contribution is 0.0742. The van der Waals surface area contributed by atoms with Crippen LogP contribution in [0.25, 0.3) is 0 Å². The number of carbonyl (C=O) groups excluding carboxylic acids is 1. The molecule has 25 heavy (non-hydrogen) atoms. The van der Waals surface area contributed by atoms with Gasteiger partial charge in [0, 0.05) is 32.4 Å². The van der Waals surface area contributed by atoms with Gasteiger partial charge < -0.3 is 19.3 Å². The van der Waals surface area contributed by atoms with Crippen LogP contribution in [0.5, 0.6) is 11.6 Å². The standard InChI is InChI=1S/C19H23N3O3/c1-3-25-17-9-5-4-8-16(17)21-11-13-22(14-12-21)19(23)15-7-6-10-20-18(15)24-2/h4-10H,3,11-14H2,1-2H3. The number of benzene rings is 1. The normalized spacial score (nSPS) is 14.3. The van der Waals surface area contributed by atoms with Crippen LogP contribution in [0.3, 0.4) is 0 Å². The van der Waals surface area contributed by atoms with Crippen LogP contribution in [-0.4, -0.2) is 55.7 Å². The Balaban J connectivity index is 1.69. The van der Waals surface area contributed by atoms with Gasteiger partial charge in [0.2, 0.25) is 5.88 Å². The smallest absolute Gasteiger partial charge is 0.259 e. The number of ether oxygens (including phenoxy) is 2. The Morgan fingerprint density at radius 2 is 1.88 bits per heavy atom. The van der Waals surface area contributed by atoms with E-state index in [1.54, 1.807) is 18.3 Å². The summed E-state index contributed by atoms with van der Waals surface area (Å²) in [6.45, 7) is 5.44. The molecule has 0 saturated carbocycles. The van der Waals surface area contributed by atoms with Gasteiger partial charge in [-0.1, -0.05) is 12.1 Å². The Morgan fingerprint density at radius 1 is 1.12 bits per heavy atom. The third kappa shape index (κ3) is 3.68. The van der Waals surface area contributed by atoms with Crippen molar-refractivity contribution in [2.75, 3.05) is 44.8 Å². The van der Waals surface area contributed by atoms with Gasteiger partial charge in [0.15, 0.2) is 0 Å². The molecule has 0 unspecified atom stereocenters. The van der Waals surface area contributed by atoms with E-state index < -0.39 is 0 Å². The van der Waals surface area contributed by atoms with Crippen molar-refractivity contribution in [3.8, 4) is 11.6 Å². The summed E-state index contributed by atoms with van der Waals surface area (Å²) in [5, 5.41) is 0. The van der Waals surface area contributed by atoms with Crippen molar-refractivity contribution < 1.29 is 14.3 Å². The number of methoxy groups -OCH3 is 1. The minimum atomic E-state index is -0.0392. The Kier molecular flexibility index (Phi) is 5.38. The lowest BCUT2D eigenvalue weighted by Gasteiger charge is -2.36. The van der Waals surface area contributed by atoms with E-state index in [4.69, 9.17) is 9.47 Å². The molecule has 1 amide bonds. The van der Waals surface area contributed by atoms with Crippen LogP contribution in [0, 0.1) is 0 Å². The Hall–Kier alpha value is -2.76. The average molecular weight is 341 g/mol. The highest BCUT2D eigenvalue weighted by atomic mass is 16.5. The lowest BCUT2D eigenvalue weighted by Crippen LogP contribution is -2.49. The molecule has 1 fully saturated rings. The van der Waals surface area contributed by atoms with Crippen LogP contribution in [0.1, 0.15) is 17.3 Å². The van der Waals surface area contributed by atoms with E-state index in [0.717, 1.165) is 24.5 Å². The average Bonchev–Trinajstić information content (AvgIpc) is 2.68. The summed E-state index contributed by atoms with van der Waals surface area (Å²) in [4.78, 5) is 21.0. The summed E-state index contributed by atoms with van der Waals surface area (Å²) in [6, 6.07) is 11.5. The van der Waals surface area contributed by atoms with E-state index in [9.17, 15) is 4.79 Å². The van der Waals surface area contributed by atoms with Crippen LogP contribution < -0.4 is 14.4 Å². The van der Waals surface area contributed by atoms with Gasteiger partial charge in [-0.05, 0) is 31.2 Å². The molecule has 3 rings (SSSR count). The number of hydrogen-bond acceptors (Lipinski definition) is 5. The summed E-state index contributed by atoms with van der Waals surface area (Å²) in [5.41, 5.74) is 1.59. The van der Waals surface area contributed by atoms with Crippen molar-refractivity contribution in [1.82, 2.24) is 9.88 Å². The van der Waals surface area contributed by atoms with E-state index in [1.165, 1.54) is 7.11 Å². The molecule has 1 aromatic heterocycles. The van der Waals surface area contributed by atoms with E-state index in [-0.39, 0.29) is 5.91 Å². The fourth-order valence-corrected chi connectivity index (χ4v) is 3.03. The van der Waals surface area contributed by atoms with Crippen molar-refractivity contribution in [2.24, 2.45) is 0 Å². The van der Waals surface area contributed by atoms with Gasteiger partial charge in [0.1, 0.15) is 11.3 Å². The van der Waals surface area contributed by atoms with Gasteiger partial charge in [-0.2, -0.15) is 0 Å². The summed E-state index contributed by atoms with van der Waals surface area (Å²) >= 11 is 0. The topological polar surface area (TPSA) is 54.9 Å². The molecule has 2 heterocycles. The summed E-state index contributed by atoms with van der Waals surface area (Å²) in [7, 11) is 1.53. The van der Waals surface area contributed by atoms with Crippen LogP contribution in [0.2, 0.25) is 0 Å². The van der Waals surface area contributed by atoms with Crippen LogP contribution >= 0.6 is 0 Å². The number of rotatable bonds is 5. The molecule has 1 aliphatic rings. The number of para-hydroxylation sites is 2. The minimum Gasteiger partial charge on any atom is -0.492 e. The predicted octanol–water partition coefficient (Wildman–Crippen LogP) is 2.45. The predicted molar refractivity (Wildman–Crippen MR) is 96.5 cm³/mol. The molecule has 1 aliphatic heterocycles. The van der Waals surface area contributed by atoms with Gasteiger partial charge in [0.25, 0.3) is 5.91 Å². The SMILES string of the molecule is CCOc1ccccc1N1CCN(C(=O)c2cccnc2OC)CC1. The Morgan fingerprint density at radius 3 is 2.60 bits per heavy atom. The van der Waals surface area contributed by atoms with Gasteiger partial charge in [-0.15, -0.1) is 0 Å². The Labute approximate surface area is 148 Å². The van der Waals surface area contributed by atoms with Crippen LogP contribution in [0.15, 0.2) is 42.6 Å². The maximum absolute atomic E-state index is 12.8. The zero-order chi connectivity index (χ0) is 17.6. The molecule has 0 bridgehead atoms. The number of pyridine rings is 1. The molecule has 1 saturated heterocycles. The molecular formula is C19H23N3O3. The fraction of sp³-hybridized carbons (Fsp3) is 0.368. The highest BCUT2D eigenvalue weighted by Gasteiger charge is 2.25. The zero-order valence-electron chi connectivity index (χ0n) is 14.6. The fourth-order valence-electron chi connectivity index (χ4n) is 3.03. The molecule has 0 spiro atoms. The molecule has 2 aromatic rings. The quantitative estimate of drug-likeness (QED) is 0.836. The number of anilines is 1. The van der Waals surface area contributed by atoms with Crippen molar-refractivity contribution in [3.63, 3.8) is 0 Å². The second kappa shape index (κ2) is 7.88. The molecule has 0 atom stereocenters. The van der Waals surface area contributed by atoms with E-state index in [0.29, 0.717) is 31.1 Å². The highest BCUT2D eigenvalue weighted by Crippen LogP contribution is 2.29. The molecular weight excluding hydrogens is 318 g/mol. The Bertz CT molecular complexity index is 727. The molecule has 0 radical (unpaired) electrons. The van der Waals surface area contributed by atoms with Crippen LogP contribution in [-0.2, 0) is 0 Å². The van der Waals surface area contributed by atoms with Gasteiger partial charge in [-0.3, -0.25) is 4.79 Å². The number of carbonyl (C=O) groups is 1. The number of nitrogens with zero attached hydrogens (tertiary/aromatic N) is 3. The first kappa shape index (κ1) is 17.1. The van der Waals surface area contributed by atoms with E-state index in [1.807, 2.05) is 30.0 Å². The third-order valence-electron chi connectivity index (χ3n) is 4.27. The number of amides is 1. The number of piperazine rings is 1. The second-order valence-electron chi connectivity index (χ2n) is 5.74. The first-order valence-electron chi connectivity index (χ1n) is 8.49.